The van der Waals surface area contributed by atoms with Gasteiger partial charge in [0.25, 0.3) is 0 Å². The van der Waals surface area contributed by atoms with Crippen LogP contribution in [0.3, 0.4) is 0 Å². The Morgan fingerprint density at radius 1 is 0.750 bits per heavy atom. The lowest BCUT2D eigenvalue weighted by molar-refractivity contribution is 0.754. The van der Waals surface area contributed by atoms with Crippen molar-refractivity contribution in [1.82, 2.24) is 9.97 Å². The first-order chi connectivity index (χ1) is 7.61. The Kier molecular flexibility index (Phi) is 11.6. The van der Waals surface area contributed by atoms with Crippen molar-refractivity contribution in [2.75, 3.05) is 0 Å². The van der Waals surface area contributed by atoms with E-state index in [9.17, 15) is 0 Å². The van der Waals surface area contributed by atoms with Gasteiger partial charge in [0.2, 0.25) is 0 Å². The molecule has 1 rings (SSSR count). The van der Waals surface area contributed by atoms with Crippen LogP contribution in [0.4, 0.5) is 0 Å². The maximum atomic E-state index is 4.29. The molecule has 16 heavy (non-hydrogen) atoms. The first-order valence-electron chi connectivity index (χ1n) is 6.43. The molecule has 0 N–H and O–H groups in total. The maximum absolute atomic E-state index is 4.29. The van der Waals surface area contributed by atoms with Crippen molar-refractivity contribution >= 4 is 0 Å². The van der Waals surface area contributed by atoms with E-state index in [2.05, 4.69) is 37.7 Å². The Morgan fingerprint density at radius 3 is 1.38 bits per heavy atom. The molecule has 0 aliphatic carbocycles. The average molecular weight is 224 g/mol. The van der Waals surface area contributed by atoms with E-state index in [1.807, 2.05) is 40.1 Å². The molecule has 0 spiro atoms. The van der Waals surface area contributed by atoms with Crippen molar-refractivity contribution in [3.8, 4) is 0 Å². The van der Waals surface area contributed by atoms with Gasteiger partial charge >= 0.3 is 0 Å². The van der Waals surface area contributed by atoms with Gasteiger partial charge in [-0.05, 0) is 11.5 Å². The summed E-state index contributed by atoms with van der Waals surface area (Å²) in [7, 11) is 0. The smallest absolute Gasteiger partial charge is 0.130 e. The molecule has 0 bridgehead atoms. The van der Waals surface area contributed by atoms with E-state index >= 15 is 0 Å². The van der Waals surface area contributed by atoms with Crippen LogP contribution in [0.25, 0.3) is 0 Å². The predicted molar refractivity (Wildman–Crippen MR) is 72.9 cm³/mol. The molecule has 0 aliphatic heterocycles. The van der Waals surface area contributed by atoms with Crippen LogP contribution in [-0.2, 0) is 0 Å². The monoisotopic (exact) mass is 224 g/mol. The first-order valence-corrected chi connectivity index (χ1v) is 6.43. The molecule has 1 aromatic rings. The van der Waals surface area contributed by atoms with Crippen molar-refractivity contribution in [1.29, 1.82) is 0 Å². The number of nitrogens with zero attached hydrogens (tertiary/aromatic N) is 2. The molecule has 94 valence electrons. The second-order valence-electron chi connectivity index (χ2n) is 3.68. The number of hydrogen-bond donors (Lipinski definition) is 0. The highest BCUT2D eigenvalue weighted by Crippen LogP contribution is 2.13. The van der Waals surface area contributed by atoms with E-state index < -0.39 is 0 Å². The van der Waals surface area contributed by atoms with Gasteiger partial charge in [-0.25, -0.2) is 9.97 Å². The fourth-order valence-electron chi connectivity index (χ4n) is 0.944. The summed E-state index contributed by atoms with van der Waals surface area (Å²) in [6.45, 7) is 16.5. The van der Waals surface area contributed by atoms with Crippen molar-refractivity contribution < 1.29 is 0 Å². The molecule has 1 aromatic heterocycles. The molecule has 1 heterocycles. The lowest BCUT2D eigenvalue weighted by Gasteiger charge is -2.06. The molecule has 0 unspecified atom stereocenters. The van der Waals surface area contributed by atoms with Crippen LogP contribution >= 0.6 is 0 Å². The Balaban J connectivity index is 0. The van der Waals surface area contributed by atoms with Gasteiger partial charge in [0.15, 0.2) is 0 Å². The lowest BCUT2D eigenvalue weighted by atomic mass is 10.1. The second-order valence-corrected chi connectivity index (χ2v) is 3.68. The molecular formula is C14H28N2. The Hall–Kier alpha value is -0.920. The third-order valence-electron chi connectivity index (χ3n) is 1.87. The van der Waals surface area contributed by atoms with Crippen LogP contribution in [0.15, 0.2) is 12.4 Å². The highest BCUT2D eigenvalue weighted by Gasteiger charge is 2.03. The van der Waals surface area contributed by atoms with Gasteiger partial charge in [0, 0.05) is 18.3 Å². The summed E-state index contributed by atoms with van der Waals surface area (Å²) >= 11 is 0. The third kappa shape index (κ3) is 6.54. The van der Waals surface area contributed by atoms with Crippen molar-refractivity contribution in [3.05, 3.63) is 23.8 Å². The van der Waals surface area contributed by atoms with Crippen molar-refractivity contribution in [3.63, 3.8) is 0 Å². The molecule has 0 aliphatic rings. The molecule has 0 fully saturated rings. The zero-order valence-electron chi connectivity index (χ0n) is 12.2. The van der Waals surface area contributed by atoms with Gasteiger partial charge in [-0.2, -0.15) is 0 Å². The Labute approximate surface area is 102 Å². The highest BCUT2D eigenvalue weighted by molar-refractivity contribution is 5.10. The third-order valence-corrected chi connectivity index (χ3v) is 1.87. The Morgan fingerprint density at radius 2 is 1.12 bits per heavy atom. The SMILES string of the molecule is CC.CC.CC(C)c1cnc(C(C)C)nc1. The predicted octanol–water partition coefficient (Wildman–Crippen LogP) is 4.78. The van der Waals surface area contributed by atoms with E-state index in [0.717, 1.165) is 5.82 Å². The molecule has 0 saturated heterocycles. The van der Waals surface area contributed by atoms with Gasteiger partial charge in [0.05, 0.1) is 0 Å². The topological polar surface area (TPSA) is 25.8 Å². The molecular weight excluding hydrogens is 196 g/mol. The molecule has 2 nitrogen and oxygen atoms in total. The molecule has 0 radical (unpaired) electrons. The van der Waals surface area contributed by atoms with E-state index in [1.54, 1.807) is 0 Å². The molecule has 2 heteroatoms. The van der Waals surface area contributed by atoms with E-state index in [0.29, 0.717) is 11.8 Å². The van der Waals surface area contributed by atoms with Crippen LogP contribution in [0, 0.1) is 0 Å². The summed E-state index contributed by atoms with van der Waals surface area (Å²) in [6, 6.07) is 0. The number of hydrogen-bond acceptors (Lipinski definition) is 2. The minimum absolute atomic E-state index is 0.422. The van der Waals surface area contributed by atoms with Gasteiger partial charge in [0.1, 0.15) is 5.82 Å². The molecule has 0 atom stereocenters. The van der Waals surface area contributed by atoms with Crippen LogP contribution in [0.2, 0.25) is 0 Å². The van der Waals surface area contributed by atoms with Gasteiger partial charge < -0.3 is 0 Å². The summed E-state index contributed by atoms with van der Waals surface area (Å²) < 4.78 is 0. The first kappa shape index (κ1) is 17.5. The van der Waals surface area contributed by atoms with E-state index in [-0.39, 0.29) is 0 Å². The summed E-state index contributed by atoms with van der Waals surface area (Å²) in [5.41, 5.74) is 1.21. The molecule has 0 saturated carbocycles. The van der Waals surface area contributed by atoms with Crippen LogP contribution in [0.1, 0.15) is 78.6 Å². The molecule has 0 aromatic carbocycles. The van der Waals surface area contributed by atoms with Gasteiger partial charge in [-0.1, -0.05) is 55.4 Å². The lowest BCUT2D eigenvalue weighted by Crippen LogP contribution is -1.99. The van der Waals surface area contributed by atoms with Crippen LogP contribution in [-0.4, -0.2) is 9.97 Å². The Bertz CT molecular complexity index is 210. The summed E-state index contributed by atoms with van der Waals surface area (Å²) in [5.74, 6) is 1.87. The summed E-state index contributed by atoms with van der Waals surface area (Å²) in [4.78, 5) is 8.58. The highest BCUT2D eigenvalue weighted by atomic mass is 14.9. The van der Waals surface area contributed by atoms with Crippen molar-refractivity contribution in [2.24, 2.45) is 0 Å². The van der Waals surface area contributed by atoms with E-state index in [4.69, 9.17) is 0 Å². The standard InChI is InChI=1S/C10H16N2.2C2H6/c1-7(2)9-5-11-10(8(3)4)12-6-9;2*1-2/h5-8H,1-4H3;2*1-2H3. The zero-order chi connectivity index (χ0) is 13.1. The van der Waals surface area contributed by atoms with Gasteiger partial charge in [-0.15, -0.1) is 0 Å². The summed E-state index contributed by atoms with van der Waals surface area (Å²) in [6.07, 6.45) is 3.85. The number of rotatable bonds is 2. The van der Waals surface area contributed by atoms with Crippen LogP contribution in [0.5, 0.6) is 0 Å². The fourth-order valence-corrected chi connectivity index (χ4v) is 0.944. The maximum Gasteiger partial charge on any atom is 0.130 e. The minimum atomic E-state index is 0.422. The quantitative estimate of drug-likeness (QED) is 0.722. The van der Waals surface area contributed by atoms with E-state index in [1.165, 1.54) is 5.56 Å². The largest absolute Gasteiger partial charge is 0.241 e. The van der Waals surface area contributed by atoms with Crippen molar-refractivity contribution in [2.45, 2.75) is 67.2 Å². The normalized spacial score (nSPS) is 9.12. The second kappa shape index (κ2) is 10.6. The van der Waals surface area contributed by atoms with Crippen LogP contribution < -0.4 is 0 Å². The fraction of sp³-hybridized carbons (Fsp3) is 0.714. The zero-order valence-corrected chi connectivity index (χ0v) is 12.2. The average Bonchev–Trinajstić information content (AvgIpc) is 2.34. The minimum Gasteiger partial charge on any atom is -0.241 e. The van der Waals surface area contributed by atoms with Gasteiger partial charge in [-0.3, -0.25) is 0 Å². The summed E-state index contributed by atoms with van der Waals surface area (Å²) in [5, 5.41) is 0. The number of aromatic nitrogens is 2. The molecule has 0 amide bonds.